The van der Waals surface area contributed by atoms with Crippen LogP contribution in [0.3, 0.4) is 0 Å². The van der Waals surface area contributed by atoms with Crippen LogP contribution in [0, 0.1) is 5.92 Å². The highest BCUT2D eigenvalue weighted by atomic mass is 32.2. The molecule has 1 atom stereocenters. The van der Waals surface area contributed by atoms with Crippen LogP contribution in [0.2, 0.25) is 0 Å². The largest absolute Gasteiger partial charge is 0.342 e. The molecule has 0 saturated carbocycles. The lowest BCUT2D eigenvalue weighted by atomic mass is 9.99. The fourth-order valence-corrected chi connectivity index (χ4v) is 2.62. The summed E-state index contributed by atoms with van der Waals surface area (Å²) in [7, 11) is 0. The maximum absolute atomic E-state index is 11.9. The highest BCUT2D eigenvalue weighted by molar-refractivity contribution is 7.99. The molecule has 0 spiro atoms. The second kappa shape index (κ2) is 7.96. The van der Waals surface area contributed by atoms with Crippen molar-refractivity contribution in [3.8, 4) is 0 Å². The standard InChI is InChI=1S/C12H24N2OS/c1-3-7-14(12(15)10-16-2)9-11-5-4-6-13-8-11/h11,13H,3-10H2,1-2H3. The first-order valence-corrected chi connectivity index (χ1v) is 7.64. The Hall–Kier alpha value is -0.220. The predicted octanol–water partition coefficient (Wildman–Crippen LogP) is 1.59. The van der Waals surface area contributed by atoms with E-state index in [2.05, 4.69) is 12.2 Å². The summed E-state index contributed by atoms with van der Waals surface area (Å²) in [6.45, 7) is 6.21. The molecule has 1 saturated heterocycles. The summed E-state index contributed by atoms with van der Waals surface area (Å²) in [5, 5.41) is 3.41. The SMILES string of the molecule is CCCN(CC1CCCNC1)C(=O)CSC. The van der Waals surface area contributed by atoms with Gasteiger partial charge in [0.25, 0.3) is 0 Å². The van der Waals surface area contributed by atoms with E-state index in [1.807, 2.05) is 11.2 Å². The van der Waals surface area contributed by atoms with Gasteiger partial charge in [-0.05, 0) is 44.5 Å². The molecule has 0 radical (unpaired) electrons. The lowest BCUT2D eigenvalue weighted by Crippen LogP contribution is -2.42. The molecule has 1 rings (SSSR count). The molecule has 16 heavy (non-hydrogen) atoms. The molecule has 1 aliphatic heterocycles. The highest BCUT2D eigenvalue weighted by Gasteiger charge is 2.19. The topological polar surface area (TPSA) is 32.3 Å². The Morgan fingerprint density at radius 1 is 1.56 bits per heavy atom. The van der Waals surface area contributed by atoms with Crippen molar-refractivity contribution in [2.45, 2.75) is 26.2 Å². The molecule has 1 N–H and O–H groups in total. The van der Waals surface area contributed by atoms with Crippen LogP contribution in [0.15, 0.2) is 0 Å². The van der Waals surface area contributed by atoms with Gasteiger partial charge in [0.15, 0.2) is 0 Å². The van der Waals surface area contributed by atoms with Crippen LogP contribution in [-0.4, -0.2) is 49.0 Å². The minimum absolute atomic E-state index is 0.305. The number of hydrogen-bond donors (Lipinski definition) is 1. The van der Waals surface area contributed by atoms with Crippen molar-refractivity contribution in [3.63, 3.8) is 0 Å². The molecule has 0 aromatic heterocycles. The second-order valence-corrected chi connectivity index (χ2v) is 5.35. The third-order valence-electron chi connectivity index (χ3n) is 2.99. The summed E-state index contributed by atoms with van der Waals surface area (Å²) >= 11 is 1.62. The number of carbonyl (C=O) groups is 1. The van der Waals surface area contributed by atoms with E-state index >= 15 is 0 Å². The summed E-state index contributed by atoms with van der Waals surface area (Å²) in [6, 6.07) is 0. The van der Waals surface area contributed by atoms with Gasteiger partial charge < -0.3 is 10.2 Å². The van der Waals surface area contributed by atoms with E-state index in [4.69, 9.17) is 0 Å². The number of nitrogens with one attached hydrogen (secondary N) is 1. The van der Waals surface area contributed by atoms with Gasteiger partial charge in [-0.25, -0.2) is 0 Å². The van der Waals surface area contributed by atoms with Gasteiger partial charge in [-0.2, -0.15) is 11.8 Å². The van der Waals surface area contributed by atoms with Gasteiger partial charge in [0, 0.05) is 13.1 Å². The van der Waals surface area contributed by atoms with E-state index < -0.39 is 0 Å². The van der Waals surface area contributed by atoms with Crippen molar-refractivity contribution in [3.05, 3.63) is 0 Å². The van der Waals surface area contributed by atoms with Crippen LogP contribution in [0.4, 0.5) is 0 Å². The average molecular weight is 244 g/mol. The first-order chi connectivity index (χ1) is 7.77. The number of rotatable bonds is 6. The minimum atomic E-state index is 0.305. The Morgan fingerprint density at radius 2 is 2.38 bits per heavy atom. The Morgan fingerprint density at radius 3 is 2.94 bits per heavy atom. The Bertz CT molecular complexity index is 205. The molecular formula is C12H24N2OS. The summed E-state index contributed by atoms with van der Waals surface area (Å²) in [5.74, 6) is 1.59. The average Bonchev–Trinajstić information content (AvgIpc) is 2.30. The van der Waals surface area contributed by atoms with Gasteiger partial charge in [-0.1, -0.05) is 6.92 Å². The van der Waals surface area contributed by atoms with E-state index in [-0.39, 0.29) is 0 Å². The summed E-state index contributed by atoms with van der Waals surface area (Å²) in [6.07, 6.45) is 5.56. The maximum Gasteiger partial charge on any atom is 0.232 e. The summed E-state index contributed by atoms with van der Waals surface area (Å²) in [5.41, 5.74) is 0. The zero-order valence-electron chi connectivity index (χ0n) is 10.5. The zero-order chi connectivity index (χ0) is 11.8. The monoisotopic (exact) mass is 244 g/mol. The molecule has 3 nitrogen and oxygen atoms in total. The lowest BCUT2D eigenvalue weighted by molar-refractivity contribution is -0.129. The number of thioether (sulfide) groups is 1. The molecule has 0 aliphatic carbocycles. The minimum Gasteiger partial charge on any atom is -0.342 e. The Labute approximate surface area is 103 Å². The van der Waals surface area contributed by atoms with Crippen LogP contribution in [0.25, 0.3) is 0 Å². The number of piperidine rings is 1. The third-order valence-corrected chi connectivity index (χ3v) is 3.53. The molecule has 1 amide bonds. The van der Waals surface area contributed by atoms with Crippen LogP contribution < -0.4 is 5.32 Å². The molecule has 94 valence electrons. The first-order valence-electron chi connectivity index (χ1n) is 6.25. The van der Waals surface area contributed by atoms with Crippen LogP contribution in [0.5, 0.6) is 0 Å². The predicted molar refractivity (Wildman–Crippen MR) is 70.8 cm³/mol. The number of hydrogen-bond acceptors (Lipinski definition) is 3. The van der Waals surface area contributed by atoms with Gasteiger partial charge in [0.05, 0.1) is 5.75 Å². The fourth-order valence-electron chi connectivity index (χ4n) is 2.19. The van der Waals surface area contributed by atoms with Gasteiger partial charge in [0.2, 0.25) is 5.91 Å². The molecule has 1 unspecified atom stereocenters. The van der Waals surface area contributed by atoms with Crippen molar-refractivity contribution < 1.29 is 4.79 Å². The normalized spacial score (nSPS) is 20.8. The summed E-state index contributed by atoms with van der Waals surface area (Å²) < 4.78 is 0. The van der Waals surface area contributed by atoms with Gasteiger partial charge in [-0.3, -0.25) is 4.79 Å². The second-order valence-electron chi connectivity index (χ2n) is 4.49. The smallest absolute Gasteiger partial charge is 0.232 e. The van der Waals surface area contributed by atoms with Gasteiger partial charge >= 0.3 is 0 Å². The number of nitrogens with zero attached hydrogens (tertiary/aromatic N) is 1. The van der Waals surface area contributed by atoms with Crippen molar-refractivity contribution in [1.29, 1.82) is 0 Å². The molecule has 0 bridgehead atoms. The maximum atomic E-state index is 11.9. The highest BCUT2D eigenvalue weighted by Crippen LogP contribution is 2.13. The van der Waals surface area contributed by atoms with Crippen molar-refractivity contribution in [2.24, 2.45) is 5.92 Å². The zero-order valence-corrected chi connectivity index (χ0v) is 11.3. The molecule has 4 heteroatoms. The quantitative estimate of drug-likeness (QED) is 0.770. The Balaban J connectivity index is 2.39. The van der Waals surface area contributed by atoms with Crippen molar-refractivity contribution >= 4 is 17.7 Å². The molecule has 0 aromatic rings. The van der Waals surface area contributed by atoms with E-state index in [1.54, 1.807) is 11.8 Å². The van der Waals surface area contributed by atoms with E-state index in [0.29, 0.717) is 17.6 Å². The van der Waals surface area contributed by atoms with Crippen LogP contribution >= 0.6 is 11.8 Å². The molecule has 0 aromatic carbocycles. The molecule has 1 heterocycles. The fraction of sp³-hybridized carbons (Fsp3) is 0.917. The van der Waals surface area contributed by atoms with Crippen LogP contribution in [0.1, 0.15) is 26.2 Å². The van der Waals surface area contributed by atoms with Gasteiger partial charge in [-0.15, -0.1) is 0 Å². The van der Waals surface area contributed by atoms with E-state index in [1.165, 1.54) is 12.8 Å². The molecule has 1 fully saturated rings. The molecule has 1 aliphatic rings. The van der Waals surface area contributed by atoms with Gasteiger partial charge in [0.1, 0.15) is 0 Å². The van der Waals surface area contributed by atoms with Crippen molar-refractivity contribution in [1.82, 2.24) is 10.2 Å². The molecular weight excluding hydrogens is 220 g/mol. The third kappa shape index (κ3) is 4.74. The van der Waals surface area contributed by atoms with Crippen molar-refractivity contribution in [2.75, 3.05) is 38.2 Å². The van der Waals surface area contributed by atoms with Crippen LogP contribution in [-0.2, 0) is 4.79 Å². The Kier molecular flexibility index (Phi) is 6.88. The van der Waals surface area contributed by atoms with E-state index in [9.17, 15) is 4.79 Å². The lowest BCUT2D eigenvalue weighted by Gasteiger charge is -2.30. The number of amides is 1. The first kappa shape index (κ1) is 13.8. The summed E-state index contributed by atoms with van der Waals surface area (Å²) in [4.78, 5) is 13.9. The number of carbonyl (C=O) groups excluding carboxylic acids is 1. The van der Waals surface area contributed by atoms with E-state index in [0.717, 1.165) is 32.6 Å².